The molecule has 0 aliphatic carbocycles. The van der Waals surface area contributed by atoms with Crippen molar-refractivity contribution < 1.29 is 13.2 Å². The Labute approximate surface area is 201 Å². The summed E-state index contributed by atoms with van der Waals surface area (Å²) in [6, 6.07) is 18.0. The number of nitrogens with zero attached hydrogens (tertiary/aromatic N) is 4. The first-order valence-corrected chi connectivity index (χ1v) is 13.8. The molecule has 1 N–H and O–H groups in total. The van der Waals surface area contributed by atoms with Crippen molar-refractivity contribution in [3.63, 3.8) is 0 Å². The Morgan fingerprint density at radius 3 is 2.38 bits per heavy atom. The third-order valence-corrected chi connectivity index (χ3v) is 6.90. The molecule has 0 bridgehead atoms. The molecule has 1 aliphatic heterocycles. The van der Waals surface area contributed by atoms with E-state index in [1.807, 2.05) is 30.3 Å². The summed E-state index contributed by atoms with van der Waals surface area (Å²) in [7, 11) is -3.26. The minimum atomic E-state index is -3.26. The van der Waals surface area contributed by atoms with Crippen molar-refractivity contribution in [1.29, 1.82) is 0 Å². The lowest BCUT2D eigenvalue weighted by Gasteiger charge is -2.34. The van der Waals surface area contributed by atoms with Crippen LogP contribution in [0.25, 0.3) is 11.0 Å². The largest absolute Gasteiger partial charge is 0.355 e. The van der Waals surface area contributed by atoms with Crippen LogP contribution in [0.5, 0.6) is 0 Å². The van der Waals surface area contributed by atoms with E-state index in [-0.39, 0.29) is 18.2 Å². The number of rotatable bonds is 10. The number of carbonyl (C=O) groups excluding carboxylic acids is 1. The SMILES string of the molecule is CS(=O)(=O)Cc1nc2ccccc2n1CC(=O)NCCCN1CCN(Cc2ccccc2)CC1. The fraction of sp³-hybridized carbons (Fsp3) is 0.440. The first-order chi connectivity index (χ1) is 16.4. The predicted octanol–water partition coefficient (Wildman–Crippen LogP) is 1.91. The van der Waals surface area contributed by atoms with Gasteiger partial charge in [-0.25, -0.2) is 13.4 Å². The quantitative estimate of drug-likeness (QED) is 0.443. The smallest absolute Gasteiger partial charge is 0.240 e. The molecular weight excluding hydrogens is 450 g/mol. The maximum absolute atomic E-state index is 12.6. The van der Waals surface area contributed by atoms with Crippen LogP contribution in [0.15, 0.2) is 54.6 Å². The van der Waals surface area contributed by atoms with Gasteiger partial charge in [0.1, 0.15) is 18.1 Å². The van der Waals surface area contributed by atoms with Gasteiger partial charge in [-0.2, -0.15) is 0 Å². The van der Waals surface area contributed by atoms with Gasteiger partial charge in [-0.15, -0.1) is 0 Å². The highest BCUT2D eigenvalue weighted by atomic mass is 32.2. The zero-order chi connectivity index (χ0) is 24.0. The number of para-hydroxylation sites is 2. The Bertz CT molecular complexity index is 1200. The summed E-state index contributed by atoms with van der Waals surface area (Å²) in [5.74, 6) is 0.0726. The molecule has 0 radical (unpaired) electrons. The molecule has 1 fully saturated rings. The maximum Gasteiger partial charge on any atom is 0.240 e. The van der Waals surface area contributed by atoms with Crippen LogP contribution in [0.4, 0.5) is 0 Å². The van der Waals surface area contributed by atoms with Crippen LogP contribution in [0.3, 0.4) is 0 Å². The van der Waals surface area contributed by atoms with Crippen LogP contribution in [0.1, 0.15) is 17.8 Å². The van der Waals surface area contributed by atoms with Crippen molar-refractivity contribution in [2.45, 2.75) is 25.3 Å². The van der Waals surface area contributed by atoms with Crippen LogP contribution >= 0.6 is 0 Å². The average molecular weight is 484 g/mol. The number of hydrogen-bond donors (Lipinski definition) is 1. The molecule has 2 heterocycles. The standard InChI is InChI=1S/C25H33N5O3S/c1-34(32,33)20-24-27-22-10-5-6-11-23(22)30(24)19-25(31)26-12-7-13-28-14-16-29(17-15-28)18-21-8-3-2-4-9-21/h2-6,8-11H,7,12-20H2,1H3,(H,26,31). The fourth-order valence-electron chi connectivity index (χ4n) is 4.39. The van der Waals surface area contributed by atoms with E-state index in [0.29, 0.717) is 17.9 Å². The molecule has 1 aromatic heterocycles. The fourth-order valence-corrected chi connectivity index (χ4v) is 5.08. The first kappa shape index (κ1) is 24.4. The lowest BCUT2D eigenvalue weighted by molar-refractivity contribution is -0.121. The second-order valence-electron chi connectivity index (χ2n) is 8.98. The Morgan fingerprint density at radius 1 is 0.971 bits per heavy atom. The lowest BCUT2D eigenvalue weighted by Crippen LogP contribution is -2.46. The summed E-state index contributed by atoms with van der Waals surface area (Å²) in [5, 5.41) is 2.98. The molecule has 0 atom stereocenters. The van der Waals surface area contributed by atoms with Crippen LogP contribution < -0.4 is 5.32 Å². The van der Waals surface area contributed by atoms with E-state index in [1.54, 1.807) is 4.57 Å². The van der Waals surface area contributed by atoms with Crippen LogP contribution in [0, 0.1) is 0 Å². The third-order valence-electron chi connectivity index (χ3n) is 6.11. The minimum Gasteiger partial charge on any atom is -0.355 e. The van der Waals surface area contributed by atoms with E-state index >= 15 is 0 Å². The summed E-state index contributed by atoms with van der Waals surface area (Å²) in [5.41, 5.74) is 2.81. The van der Waals surface area contributed by atoms with E-state index in [9.17, 15) is 13.2 Å². The Hall–Kier alpha value is -2.75. The van der Waals surface area contributed by atoms with E-state index < -0.39 is 9.84 Å². The Morgan fingerprint density at radius 2 is 1.65 bits per heavy atom. The van der Waals surface area contributed by atoms with Gasteiger partial charge in [0.25, 0.3) is 0 Å². The van der Waals surface area contributed by atoms with Crippen molar-refractivity contribution in [2.24, 2.45) is 0 Å². The summed E-state index contributed by atoms with van der Waals surface area (Å²) >= 11 is 0. The molecule has 1 saturated heterocycles. The molecule has 9 heteroatoms. The van der Waals surface area contributed by atoms with Crippen LogP contribution in [-0.4, -0.2) is 79.2 Å². The van der Waals surface area contributed by atoms with Gasteiger partial charge < -0.3 is 14.8 Å². The van der Waals surface area contributed by atoms with Crippen LogP contribution in [0.2, 0.25) is 0 Å². The van der Waals surface area contributed by atoms with Gasteiger partial charge in [-0.1, -0.05) is 42.5 Å². The number of imidazole rings is 1. The van der Waals surface area contributed by atoms with Crippen molar-refractivity contribution in [3.05, 3.63) is 66.0 Å². The summed E-state index contributed by atoms with van der Waals surface area (Å²) in [6.45, 7) is 6.78. The minimum absolute atomic E-state index is 0.0591. The second kappa shape index (κ2) is 11.1. The molecule has 2 aromatic carbocycles. The topological polar surface area (TPSA) is 87.5 Å². The Kier molecular flexibility index (Phi) is 7.97. The van der Waals surface area contributed by atoms with E-state index in [0.717, 1.165) is 51.2 Å². The predicted molar refractivity (Wildman–Crippen MR) is 134 cm³/mol. The second-order valence-corrected chi connectivity index (χ2v) is 11.1. The lowest BCUT2D eigenvalue weighted by atomic mass is 10.2. The molecular formula is C25H33N5O3S. The molecule has 0 saturated carbocycles. The zero-order valence-corrected chi connectivity index (χ0v) is 20.5. The summed E-state index contributed by atoms with van der Waals surface area (Å²) in [4.78, 5) is 22.0. The molecule has 0 unspecified atom stereocenters. The molecule has 1 aliphatic rings. The number of aromatic nitrogens is 2. The molecule has 0 spiro atoms. The number of amides is 1. The Balaban J connectivity index is 1.21. The maximum atomic E-state index is 12.6. The highest BCUT2D eigenvalue weighted by molar-refractivity contribution is 7.89. The number of carbonyl (C=O) groups is 1. The molecule has 4 rings (SSSR count). The summed E-state index contributed by atoms with van der Waals surface area (Å²) < 4.78 is 25.4. The molecule has 1 amide bonds. The van der Waals surface area contributed by atoms with Gasteiger partial charge in [0.15, 0.2) is 9.84 Å². The molecule has 34 heavy (non-hydrogen) atoms. The first-order valence-electron chi connectivity index (χ1n) is 11.7. The molecule has 8 nitrogen and oxygen atoms in total. The van der Waals surface area contributed by atoms with Crippen molar-refractivity contribution in [1.82, 2.24) is 24.7 Å². The number of benzene rings is 2. The number of piperazine rings is 1. The van der Waals surface area contributed by atoms with Gasteiger partial charge in [0.05, 0.1) is 11.0 Å². The van der Waals surface area contributed by atoms with Gasteiger partial charge in [0, 0.05) is 45.5 Å². The number of sulfone groups is 1. The highest BCUT2D eigenvalue weighted by Gasteiger charge is 2.18. The number of fused-ring (bicyclic) bond motifs is 1. The van der Waals surface area contributed by atoms with E-state index in [4.69, 9.17) is 0 Å². The molecule has 182 valence electrons. The van der Waals surface area contributed by atoms with Gasteiger partial charge in [0.2, 0.25) is 5.91 Å². The van der Waals surface area contributed by atoms with Gasteiger partial charge in [-0.3, -0.25) is 9.69 Å². The third kappa shape index (κ3) is 6.88. The number of hydrogen-bond acceptors (Lipinski definition) is 6. The van der Waals surface area contributed by atoms with E-state index in [2.05, 4.69) is 44.4 Å². The van der Waals surface area contributed by atoms with Crippen molar-refractivity contribution in [3.8, 4) is 0 Å². The van der Waals surface area contributed by atoms with Gasteiger partial charge >= 0.3 is 0 Å². The molecule has 3 aromatic rings. The highest BCUT2D eigenvalue weighted by Crippen LogP contribution is 2.17. The van der Waals surface area contributed by atoms with Crippen molar-refractivity contribution in [2.75, 3.05) is 45.5 Å². The average Bonchev–Trinajstić information content (AvgIpc) is 3.14. The number of nitrogens with one attached hydrogen (secondary N) is 1. The monoisotopic (exact) mass is 483 g/mol. The van der Waals surface area contributed by atoms with Gasteiger partial charge in [-0.05, 0) is 30.7 Å². The van der Waals surface area contributed by atoms with E-state index in [1.165, 1.54) is 11.8 Å². The zero-order valence-electron chi connectivity index (χ0n) is 19.7. The van der Waals surface area contributed by atoms with Crippen LogP contribution in [-0.2, 0) is 33.5 Å². The normalized spacial score (nSPS) is 15.6. The van der Waals surface area contributed by atoms with Crippen molar-refractivity contribution >= 4 is 26.8 Å². The summed E-state index contributed by atoms with van der Waals surface area (Å²) in [6.07, 6.45) is 2.06.